The first-order chi connectivity index (χ1) is 12.0. The number of anilines is 1. The zero-order chi connectivity index (χ0) is 17.8. The molecule has 126 valence electrons. The van der Waals surface area contributed by atoms with Crippen LogP contribution >= 0.6 is 0 Å². The zero-order valence-corrected chi connectivity index (χ0v) is 13.0. The molecule has 0 radical (unpaired) electrons. The van der Waals surface area contributed by atoms with E-state index in [0.717, 1.165) is 0 Å². The molecule has 0 saturated carbocycles. The number of nitro benzene ring substituents is 1. The molecule has 0 aliphatic rings. The summed E-state index contributed by atoms with van der Waals surface area (Å²) < 4.78 is 5.57. The third kappa shape index (κ3) is 3.75. The van der Waals surface area contributed by atoms with Crippen molar-refractivity contribution in [1.29, 1.82) is 0 Å². The van der Waals surface area contributed by atoms with Crippen LogP contribution in [0.4, 0.5) is 11.6 Å². The van der Waals surface area contributed by atoms with Gasteiger partial charge in [-0.25, -0.2) is 5.43 Å². The average Bonchev–Trinajstić information content (AvgIpc) is 3.07. The molecule has 0 fully saturated rings. The zero-order valence-electron chi connectivity index (χ0n) is 13.0. The molecule has 2 N–H and O–H groups in total. The highest BCUT2D eigenvalue weighted by Gasteiger charge is 2.09. The summed E-state index contributed by atoms with van der Waals surface area (Å²) in [6, 6.07) is 9.44. The Morgan fingerprint density at radius 2 is 2.16 bits per heavy atom. The van der Waals surface area contributed by atoms with Crippen LogP contribution < -0.4 is 11.0 Å². The molecule has 3 rings (SSSR count). The van der Waals surface area contributed by atoms with Crippen molar-refractivity contribution in [3.8, 4) is 11.3 Å². The molecule has 3 aromatic rings. The number of aryl methyl sites for hydroxylation is 1. The quantitative estimate of drug-likeness (QED) is 0.412. The summed E-state index contributed by atoms with van der Waals surface area (Å²) in [6.45, 7) is 1.54. The summed E-state index contributed by atoms with van der Waals surface area (Å²) in [4.78, 5) is 24.2. The number of H-pyrrole nitrogens is 1. The molecule has 25 heavy (non-hydrogen) atoms. The molecular weight excluding hydrogens is 328 g/mol. The van der Waals surface area contributed by atoms with Crippen molar-refractivity contribution in [2.75, 3.05) is 5.43 Å². The van der Waals surface area contributed by atoms with Gasteiger partial charge in [0.05, 0.1) is 11.1 Å². The van der Waals surface area contributed by atoms with Gasteiger partial charge in [0.1, 0.15) is 17.2 Å². The third-order valence-corrected chi connectivity index (χ3v) is 3.19. The second kappa shape index (κ2) is 6.74. The molecule has 0 bridgehead atoms. The van der Waals surface area contributed by atoms with Gasteiger partial charge in [0.15, 0.2) is 0 Å². The molecule has 2 heterocycles. The van der Waals surface area contributed by atoms with E-state index in [1.54, 1.807) is 24.3 Å². The number of hydrazone groups is 1. The first-order valence-corrected chi connectivity index (χ1v) is 7.10. The highest BCUT2D eigenvalue weighted by atomic mass is 16.6. The Morgan fingerprint density at radius 3 is 2.92 bits per heavy atom. The molecule has 10 nitrogen and oxygen atoms in total. The standard InChI is InChI=1S/C15H12N6O4/c1-9-14(22)17-15(20-18-9)19-16-8-12-5-6-13(25-12)10-3-2-4-11(7-10)21(23)24/h2-8H,1H3,(H2,17,19,20,22)/b16-8+. The molecule has 2 aromatic heterocycles. The summed E-state index contributed by atoms with van der Waals surface area (Å²) in [5.41, 5.74) is 2.97. The highest BCUT2D eigenvalue weighted by Crippen LogP contribution is 2.25. The SMILES string of the molecule is Cc1nnc(N/N=C/c2ccc(-c3cccc([N+](=O)[O-])c3)o2)[nH]c1=O. The van der Waals surface area contributed by atoms with Gasteiger partial charge in [-0.3, -0.25) is 19.9 Å². The Hall–Kier alpha value is -3.82. The first-order valence-electron chi connectivity index (χ1n) is 7.10. The number of furan rings is 1. The molecule has 10 heteroatoms. The van der Waals surface area contributed by atoms with Gasteiger partial charge in [-0.2, -0.15) is 5.10 Å². The summed E-state index contributed by atoms with van der Waals surface area (Å²) in [5, 5.41) is 22.1. The van der Waals surface area contributed by atoms with Crippen molar-refractivity contribution in [3.63, 3.8) is 0 Å². The van der Waals surface area contributed by atoms with Crippen LogP contribution in [0.1, 0.15) is 11.5 Å². The summed E-state index contributed by atoms with van der Waals surface area (Å²) >= 11 is 0. The van der Waals surface area contributed by atoms with E-state index in [-0.39, 0.29) is 22.9 Å². The van der Waals surface area contributed by atoms with Gasteiger partial charge in [0.2, 0.25) is 5.95 Å². The average molecular weight is 340 g/mol. The first kappa shape index (κ1) is 16.1. The number of nitro groups is 1. The van der Waals surface area contributed by atoms with Gasteiger partial charge in [-0.05, 0) is 19.1 Å². The number of nitrogens with one attached hydrogen (secondary N) is 2. The van der Waals surface area contributed by atoms with E-state index in [1.807, 2.05) is 0 Å². The van der Waals surface area contributed by atoms with Gasteiger partial charge >= 0.3 is 0 Å². The monoisotopic (exact) mass is 340 g/mol. The Balaban J connectivity index is 1.73. The van der Waals surface area contributed by atoms with Crippen LogP contribution in [0, 0.1) is 17.0 Å². The van der Waals surface area contributed by atoms with E-state index in [2.05, 4.69) is 25.7 Å². The predicted molar refractivity (Wildman–Crippen MR) is 89.4 cm³/mol. The Labute approximate surface area is 140 Å². The lowest BCUT2D eigenvalue weighted by molar-refractivity contribution is -0.384. The minimum atomic E-state index is -0.470. The van der Waals surface area contributed by atoms with Crippen LogP contribution in [0.2, 0.25) is 0 Å². The summed E-state index contributed by atoms with van der Waals surface area (Å²) in [5.74, 6) is 0.974. The number of hydrogen-bond donors (Lipinski definition) is 2. The van der Waals surface area contributed by atoms with Crippen LogP contribution in [0.15, 0.2) is 50.7 Å². The maximum Gasteiger partial charge on any atom is 0.274 e. The normalized spacial score (nSPS) is 10.9. The number of hydrogen-bond acceptors (Lipinski definition) is 8. The van der Waals surface area contributed by atoms with Crippen molar-refractivity contribution in [2.45, 2.75) is 6.92 Å². The van der Waals surface area contributed by atoms with Crippen LogP contribution in [0.3, 0.4) is 0 Å². The molecule has 0 aliphatic heterocycles. The van der Waals surface area contributed by atoms with E-state index in [4.69, 9.17) is 4.42 Å². The smallest absolute Gasteiger partial charge is 0.274 e. The van der Waals surface area contributed by atoms with E-state index in [1.165, 1.54) is 25.3 Å². The molecule has 0 atom stereocenters. The molecule has 0 saturated heterocycles. The predicted octanol–water partition coefficient (Wildman–Crippen LogP) is 2.09. The topological polar surface area (TPSA) is 139 Å². The van der Waals surface area contributed by atoms with E-state index in [0.29, 0.717) is 17.1 Å². The molecule has 0 spiro atoms. The van der Waals surface area contributed by atoms with Crippen molar-refractivity contribution in [1.82, 2.24) is 15.2 Å². The number of aromatic nitrogens is 3. The van der Waals surface area contributed by atoms with E-state index in [9.17, 15) is 14.9 Å². The van der Waals surface area contributed by atoms with Crippen molar-refractivity contribution in [2.24, 2.45) is 5.10 Å². The summed E-state index contributed by atoms with van der Waals surface area (Å²) in [7, 11) is 0. The summed E-state index contributed by atoms with van der Waals surface area (Å²) in [6.07, 6.45) is 1.38. The Kier molecular flexibility index (Phi) is 4.33. The molecule has 0 aliphatic carbocycles. The molecule has 0 amide bonds. The lowest BCUT2D eigenvalue weighted by atomic mass is 10.1. The number of non-ortho nitro benzene ring substituents is 1. The fourth-order valence-electron chi connectivity index (χ4n) is 1.95. The maximum absolute atomic E-state index is 11.4. The highest BCUT2D eigenvalue weighted by molar-refractivity contribution is 5.78. The maximum atomic E-state index is 11.4. The van der Waals surface area contributed by atoms with Crippen LogP contribution in [-0.4, -0.2) is 26.3 Å². The van der Waals surface area contributed by atoms with Crippen LogP contribution in [0.25, 0.3) is 11.3 Å². The second-order valence-electron chi connectivity index (χ2n) is 4.97. The number of nitrogens with zero attached hydrogens (tertiary/aromatic N) is 4. The third-order valence-electron chi connectivity index (χ3n) is 3.19. The Bertz CT molecular complexity index is 1010. The van der Waals surface area contributed by atoms with E-state index >= 15 is 0 Å². The van der Waals surface area contributed by atoms with Crippen LogP contribution in [-0.2, 0) is 0 Å². The van der Waals surface area contributed by atoms with Crippen molar-refractivity contribution in [3.05, 3.63) is 68.3 Å². The minimum absolute atomic E-state index is 0.0207. The molecule has 0 unspecified atom stereocenters. The van der Waals surface area contributed by atoms with Gasteiger partial charge in [-0.15, -0.1) is 10.2 Å². The second-order valence-corrected chi connectivity index (χ2v) is 4.97. The van der Waals surface area contributed by atoms with Crippen molar-refractivity contribution < 1.29 is 9.34 Å². The van der Waals surface area contributed by atoms with Crippen molar-refractivity contribution >= 4 is 17.9 Å². The Morgan fingerprint density at radius 1 is 1.32 bits per heavy atom. The van der Waals surface area contributed by atoms with Gasteiger partial charge in [0, 0.05) is 17.7 Å². The largest absolute Gasteiger partial charge is 0.455 e. The fraction of sp³-hybridized carbons (Fsp3) is 0.0667. The number of aromatic amines is 1. The van der Waals surface area contributed by atoms with Gasteiger partial charge < -0.3 is 4.42 Å². The van der Waals surface area contributed by atoms with Gasteiger partial charge in [-0.1, -0.05) is 12.1 Å². The molecular formula is C15H12N6O4. The number of benzene rings is 1. The molecule has 1 aromatic carbocycles. The van der Waals surface area contributed by atoms with Gasteiger partial charge in [0.25, 0.3) is 11.2 Å². The lowest BCUT2D eigenvalue weighted by Gasteiger charge is -1.98. The minimum Gasteiger partial charge on any atom is -0.455 e. The van der Waals surface area contributed by atoms with E-state index < -0.39 is 4.92 Å². The van der Waals surface area contributed by atoms with Crippen LogP contribution in [0.5, 0.6) is 0 Å². The fourth-order valence-corrected chi connectivity index (χ4v) is 1.95. The number of rotatable bonds is 5. The lowest BCUT2D eigenvalue weighted by Crippen LogP contribution is -2.15.